The molecular formula is C36H50N6O3S. The van der Waals surface area contributed by atoms with Crippen LogP contribution in [0.2, 0.25) is 0 Å². The molecule has 4 heterocycles. The highest BCUT2D eigenvalue weighted by molar-refractivity contribution is 7.19. The number of hydrogen-bond donors (Lipinski definition) is 2. The van der Waals surface area contributed by atoms with E-state index in [0.29, 0.717) is 22.9 Å². The largest absolute Gasteiger partial charge is 0.393 e. The van der Waals surface area contributed by atoms with E-state index in [1.165, 1.54) is 16.9 Å². The molecule has 3 aliphatic rings. The highest BCUT2D eigenvalue weighted by atomic mass is 32.1. The molecule has 10 heteroatoms. The molecule has 0 saturated carbocycles. The third-order valence-corrected chi connectivity index (χ3v) is 11.5. The number of aryl methyl sites for hydroxylation is 1. The standard InChI is InChI=1S/C36H50N6O3S/c1-36(2,3)26-9-10-29-25(20-26)21-31-33(38-29)46-34(39-31)32(44)37-30(14-18-42-16-12-28(43)13-17-42)23-7-6-8-24(19-23)35(45)41(5)27-11-15-40(4)22-27/h6-8,19,21,26-28,30,43H,9-18,20,22H2,1-5H3,(H,37,44)/t26-,27?,30+/m0/s1. The third kappa shape index (κ3) is 7.46. The van der Waals surface area contributed by atoms with Gasteiger partial charge in [-0.05, 0) is 99.2 Å². The van der Waals surface area contributed by atoms with E-state index in [-0.39, 0.29) is 35.4 Å². The number of pyridine rings is 1. The molecule has 9 nitrogen and oxygen atoms in total. The molecule has 3 aromatic rings. The predicted octanol–water partition coefficient (Wildman–Crippen LogP) is 4.94. The summed E-state index contributed by atoms with van der Waals surface area (Å²) in [7, 11) is 3.98. The lowest BCUT2D eigenvalue weighted by Gasteiger charge is -2.34. The van der Waals surface area contributed by atoms with Crippen LogP contribution in [0.1, 0.15) is 95.9 Å². The molecule has 1 aromatic carbocycles. The van der Waals surface area contributed by atoms with Crippen molar-refractivity contribution in [2.75, 3.05) is 46.8 Å². The summed E-state index contributed by atoms with van der Waals surface area (Å²) in [6.07, 6.45) is 6.05. The van der Waals surface area contributed by atoms with Gasteiger partial charge >= 0.3 is 0 Å². The maximum Gasteiger partial charge on any atom is 0.280 e. The molecular weight excluding hydrogens is 597 g/mol. The number of aliphatic hydroxyl groups is 1. The fraction of sp³-hybridized carbons (Fsp3) is 0.611. The van der Waals surface area contributed by atoms with Gasteiger partial charge in [-0.15, -0.1) is 0 Å². The molecule has 3 atom stereocenters. The number of piperidine rings is 1. The fourth-order valence-corrected chi connectivity index (χ4v) is 8.17. The van der Waals surface area contributed by atoms with Crippen molar-refractivity contribution in [3.05, 3.63) is 57.7 Å². The van der Waals surface area contributed by atoms with Crippen molar-refractivity contribution in [1.29, 1.82) is 0 Å². The van der Waals surface area contributed by atoms with Crippen LogP contribution in [0.25, 0.3) is 10.3 Å². The second-order valence-electron chi connectivity index (χ2n) is 14.9. The molecule has 6 rings (SSSR count). The molecule has 1 aliphatic carbocycles. The molecule has 46 heavy (non-hydrogen) atoms. The van der Waals surface area contributed by atoms with Gasteiger partial charge < -0.3 is 25.1 Å². The van der Waals surface area contributed by atoms with Gasteiger partial charge in [0.25, 0.3) is 11.8 Å². The van der Waals surface area contributed by atoms with Crippen LogP contribution < -0.4 is 5.32 Å². The zero-order valence-electron chi connectivity index (χ0n) is 28.1. The Kier molecular flexibility index (Phi) is 9.80. The summed E-state index contributed by atoms with van der Waals surface area (Å²) in [5.41, 5.74) is 4.99. The van der Waals surface area contributed by atoms with Gasteiger partial charge in [0.05, 0.1) is 12.1 Å². The molecule has 0 spiro atoms. The number of hydrogen-bond acceptors (Lipinski definition) is 8. The van der Waals surface area contributed by atoms with Crippen molar-refractivity contribution >= 4 is 33.5 Å². The number of benzene rings is 1. The molecule has 248 valence electrons. The van der Waals surface area contributed by atoms with Crippen LogP contribution in [0.4, 0.5) is 0 Å². The first kappa shape index (κ1) is 33.0. The number of likely N-dealkylation sites (tertiary alicyclic amines) is 2. The van der Waals surface area contributed by atoms with Crippen LogP contribution in [-0.4, -0.2) is 101 Å². The first-order chi connectivity index (χ1) is 21.9. The van der Waals surface area contributed by atoms with Crippen LogP contribution >= 0.6 is 11.3 Å². The van der Waals surface area contributed by atoms with E-state index in [0.717, 1.165) is 92.9 Å². The first-order valence-corrected chi connectivity index (χ1v) is 17.8. The number of aliphatic hydroxyl groups excluding tert-OH is 1. The predicted molar refractivity (Wildman–Crippen MR) is 183 cm³/mol. The number of rotatable bonds is 8. The van der Waals surface area contributed by atoms with Gasteiger partial charge in [-0.3, -0.25) is 9.59 Å². The highest BCUT2D eigenvalue weighted by Crippen LogP contribution is 2.38. The summed E-state index contributed by atoms with van der Waals surface area (Å²) >= 11 is 1.36. The van der Waals surface area contributed by atoms with Gasteiger partial charge in [0, 0.05) is 50.5 Å². The van der Waals surface area contributed by atoms with Crippen molar-refractivity contribution in [3.8, 4) is 0 Å². The van der Waals surface area contributed by atoms with Crippen LogP contribution in [0.5, 0.6) is 0 Å². The summed E-state index contributed by atoms with van der Waals surface area (Å²) in [5.74, 6) is 0.397. The zero-order chi connectivity index (χ0) is 32.6. The number of thiazole rings is 1. The van der Waals surface area contributed by atoms with Crippen molar-refractivity contribution in [1.82, 2.24) is 30.0 Å². The Morgan fingerprint density at radius 2 is 1.89 bits per heavy atom. The first-order valence-electron chi connectivity index (χ1n) is 17.0. The van der Waals surface area contributed by atoms with E-state index >= 15 is 0 Å². The summed E-state index contributed by atoms with van der Waals surface area (Å²) in [5, 5.41) is 13.7. The molecule has 2 saturated heterocycles. The smallest absolute Gasteiger partial charge is 0.280 e. The molecule has 2 N–H and O–H groups in total. The van der Waals surface area contributed by atoms with E-state index < -0.39 is 0 Å². The third-order valence-electron chi connectivity index (χ3n) is 10.5. The topological polar surface area (TPSA) is 102 Å². The number of fused-ring (bicyclic) bond motifs is 2. The molecule has 2 aliphatic heterocycles. The Balaban J connectivity index is 1.22. The van der Waals surface area contributed by atoms with E-state index in [9.17, 15) is 14.7 Å². The van der Waals surface area contributed by atoms with Gasteiger partial charge in [-0.2, -0.15) is 0 Å². The Morgan fingerprint density at radius 3 is 2.61 bits per heavy atom. The fourth-order valence-electron chi connectivity index (χ4n) is 7.33. The van der Waals surface area contributed by atoms with Gasteiger partial charge in [0.1, 0.15) is 10.3 Å². The van der Waals surface area contributed by atoms with Crippen LogP contribution in [0.3, 0.4) is 0 Å². The highest BCUT2D eigenvalue weighted by Gasteiger charge is 2.31. The minimum atomic E-state index is -0.296. The number of aromatic nitrogens is 2. The second kappa shape index (κ2) is 13.7. The minimum Gasteiger partial charge on any atom is -0.393 e. The monoisotopic (exact) mass is 646 g/mol. The molecule has 2 amide bonds. The molecule has 0 radical (unpaired) electrons. The average Bonchev–Trinajstić information content (AvgIpc) is 3.67. The van der Waals surface area contributed by atoms with Crippen LogP contribution in [-0.2, 0) is 12.8 Å². The molecule has 1 unspecified atom stereocenters. The maximum absolute atomic E-state index is 13.8. The maximum atomic E-state index is 13.8. The Hall–Kier alpha value is -2.92. The van der Waals surface area contributed by atoms with Crippen LogP contribution in [0.15, 0.2) is 30.3 Å². The van der Waals surface area contributed by atoms with E-state index in [4.69, 9.17) is 9.97 Å². The lowest BCUT2D eigenvalue weighted by Crippen LogP contribution is -2.39. The number of likely N-dealkylation sites (N-methyl/N-ethyl adjacent to an activating group) is 2. The molecule has 0 bridgehead atoms. The van der Waals surface area contributed by atoms with Crippen molar-refractivity contribution in [3.63, 3.8) is 0 Å². The normalized spacial score (nSPS) is 22.1. The van der Waals surface area contributed by atoms with E-state index in [2.05, 4.69) is 49.0 Å². The number of nitrogens with one attached hydrogen (secondary N) is 1. The lowest BCUT2D eigenvalue weighted by atomic mass is 9.71. The summed E-state index contributed by atoms with van der Waals surface area (Å²) < 4.78 is 0. The van der Waals surface area contributed by atoms with Gasteiger partial charge in [0.2, 0.25) is 0 Å². The average molecular weight is 647 g/mol. The Morgan fingerprint density at radius 1 is 1.11 bits per heavy atom. The van der Waals surface area contributed by atoms with Crippen molar-refractivity contribution in [2.24, 2.45) is 11.3 Å². The van der Waals surface area contributed by atoms with E-state index in [1.54, 1.807) is 0 Å². The second-order valence-corrected chi connectivity index (χ2v) is 15.9. The van der Waals surface area contributed by atoms with Gasteiger partial charge in [0.15, 0.2) is 5.01 Å². The zero-order valence-corrected chi connectivity index (χ0v) is 28.9. The molecule has 2 fully saturated rings. The number of nitrogens with zero attached hydrogens (tertiary/aromatic N) is 5. The quantitative estimate of drug-likeness (QED) is 0.358. The number of amides is 2. The number of carbonyl (C=O) groups is 2. The SMILES string of the molecule is CN1CCC(N(C)C(=O)c2cccc([C@@H](CCN3CCC(O)CC3)NC(=O)c3nc4cc5c(nc4s3)CC[C@H](C(C)(C)C)C5)c2)C1. The summed E-state index contributed by atoms with van der Waals surface area (Å²) in [6.45, 7) is 11.3. The van der Waals surface area contributed by atoms with E-state index in [1.807, 2.05) is 36.2 Å². The lowest BCUT2D eigenvalue weighted by molar-refractivity contribution is 0.0737. The van der Waals surface area contributed by atoms with Crippen LogP contribution in [0, 0.1) is 11.3 Å². The van der Waals surface area contributed by atoms with Crippen molar-refractivity contribution < 1.29 is 14.7 Å². The Labute approximate surface area is 277 Å². The van der Waals surface area contributed by atoms with Crippen molar-refractivity contribution in [2.45, 2.75) is 83.9 Å². The summed E-state index contributed by atoms with van der Waals surface area (Å²) in [6, 6.07) is 9.80. The Bertz CT molecular complexity index is 1560. The summed E-state index contributed by atoms with van der Waals surface area (Å²) in [4.78, 5) is 44.4. The number of carbonyl (C=O) groups excluding carboxylic acids is 2. The van der Waals surface area contributed by atoms with Gasteiger partial charge in [-0.1, -0.05) is 44.2 Å². The minimum absolute atomic E-state index is 0.00663. The van der Waals surface area contributed by atoms with Gasteiger partial charge in [-0.25, -0.2) is 9.97 Å². The molecule has 2 aromatic heterocycles.